The third-order valence-electron chi connectivity index (χ3n) is 7.22. The van der Waals surface area contributed by atoms with Crippen LogP contribution in [0.15, 0.2) is 91.0 Å². The van der Waals surface area contributed by atoms with E-state index in [1.165, 1.54) is 18.4 Å². The minimum absolute atomic E-state index is 0.254. The lowest BCUT2D eigenvalue weighted by atomic mass is 9.85. The molecule has 0 aromatic heterocycles. The second kappa shape index (κ2) is 10.2. The van der Waals surface area contributed by atoms with Gasteiger partial charge in [-0.05, 0) is 47.9 Å². The third kappa shape index (κ3) is 5.28. The minimum atomic E-state index is -0.254. The Balaban J connectivity index is 1.21. The van der Waals surface area contributed by atoms with E-state index in [1.54, 1.807) is 4.90 Å². The van der Waals surface area contributed by atoms with E-state index in [-0.39, 0.29) is 6.09 Å². The van der Waals surface area contributed by atoms with Gasteiger partial charge in [-0.2, -0.15) is 0 Å². The monoisotopic (exact) mass is 440 g/mol. The molecular weight excluding hydrogens is 408 g/mol. The molecular formula is C29H32N2O2. The van der Waals surface area contributed by atoms with Crippen molar-refractivity contribution in [1.29, 1.82) is 0 Å². The van der Waals surface area contributed by atoms with Gasteiger partial charge in [0, 0.05) is 31.2 Å². The summed E-state index contributed by atoms with van der Waals surface area (Å²) < 4.78 is 5.97. The maximum absolute atomic E-state index is 13.2. The standard InChI is InChI=1S/C29H32N2O2/c32-29(31(27-14-8-3-9-15-27)19-24-12-6-2-7-13-24)33-22-28-25-16-17-26(28)21-30(20-25)18-23-10-4-1-5-11-23/h1-15,25-26,28H,16-22H2. The van der Waals surface area contributed by atoms with Crippen molar-refractivity contribution in [3.05, 3.63) is 102 Å². The summed E-state index contributed by atoms with van der Waals surface area (Å²) in [4.78, 5) is 17.6. The Labute approximate surface area is 196 Å². The average molecular weight is 441 g/mol. The maximum atomic E-state index is 13.2. The molecule has 1 saturated heterocycles. The van der Waals surface area contributed by atoms with E-state index in [1.807, 2.05) is 60.7 Å². The summed E-state index contributed by atoms with van der Waals surface area (Å²) in [7, 11) is 0. The van der Waals surface area contributed by atoms with Crippen molar-refractivity contribution in [1.82, 2.24) is 4.90 Å². The first-order chi connectivity index (χ1) is 16.3. The molecule has 0 N–H and O–H groups in total. The van der Waals surface area contributed by atoms with Gasteiger partial charge in [-0.25, -0.2) is 4.79 Å². The average Bonchev–Trinajstić information content (AvgIpc) is 3.10. The SMILES string of the molecule is O=C(OCC1C2CCC1CN(Cc1ccccc1)C2)N(Cc1ccccc1)c1ccccc1. The largest absolute Gasteiger partial charge is 0.449 e. The van der Waals surface area contributed by atoms with Crippen LogP contribution in [0.1, 0.15) is 24.0 Å². The van der Waals surface area contributed by atoms with E-state index in [0.29, 0.717) is 30.9 Å². The quantitative estimate of drug-likeness (QED) is 0.452. The molecule has 1 aliphatic heterocycles. The van der Waals surface area contributed by atoms with Gasteiger partial charge >= 0.3 is 6.09 Å². The van der Waals surface area contributed by atoms with Crippen molar-refractivity contribution in [2.75, 3.05) is 24.6 Å². The number of hydrogen-bond donors (Lipinski definition) is 0. The number of anilines is 1. The fourth-order valence-electron chi connectivity index (χ4n) is 5.56. The number of rotatable bonds is 7. The van der Waals surface area contributed by atoms with Crippen LogP contribution >= 0.6 is 0 Å². The lowest BCUT2D eigenvalue weighted by molar-refractivity contribution is 0.0506. The van der Waals surface area contributed by atoms with Gasteiger partial charge in [0.1, 0.15) is 0 Å². The smallest absolute Gasteiger partial charge is 0.414 e. The second-order valence-electron chi connectivity index (χ2n) is 9.43. The number of carbonyl (C=O) groups excluding carboxylic acids is 1. The van der Waals surface area contributed by atoms with E-state index in [0.717, 1.165) is 30.9 Å². The summed E-state index contributed by atoms with van der Waals surface area (Å²) in [6.07, 6.45) is 2.23. The minimum Gasteiger partial charge on any atom is -0.449 e. The van der Waals surface area contributed by atoms with Crippen molar-refractivity contribution in [2.24, 2.45) is 17.8 Å². The Hall–Kier alpha value is -3.11. The Kier molecular flexibility index (Phi) is 6.73. The van der Waals surface area contributed by atoms with E-state index >= 15 is 0 Å². The zero-order chi connectivity index (χ0) is 22.5. The van der Waals surface area contributed by atoms with E-state index < -0.39 is 0 Å². The highest BCUT2D eigenvalue weighted by Gasteiger charge is 2.42. The highest BCUT2D eigenvalue weighted by molar-refractivity contribution is 5.87. The van der Waals surface area contributed by atoms with Crippen molar-refractivity contribution in [2.45, 2.75) is 25.9 Å². The zero-order valence-electron chi connectivity index (χ0n) is 19.1. The number of ether oxygens (including phenoxy) is 1. The van der Waals surface area contributed by atoms with Gasteiger partial charge < -0.3 is 4.74 Å². The van der Waals surface area contributed by atoms with Gasteiger partial charge in [-0.1, -0.05) is 78.9 Å². The van der Waals surface area contributed by atoms with Crippen molar-refractivity contribution in [3.63, 3.8) is 0 Å². The number of hydrogen-bond acceptors (Lipinski definition) is 3. The molecule has 170 valence electrons. The van der Waals surface area contributed by atoms with Crippen LogP contribution < -0.4 is 4.90 Å². The number of piperidine rings is 1. The fraction of sp³-hybridized carbons (Fsp3) is 0.345. The highest BCUT2D eigenvalue weighted by atomic mass is 16.6. The predicted octanol–water partition coefficient (Wildman–Crippen LogP) is 5.99. The van der Waals surface area contributed by atoms with Crippen LogP contribution in [0.4, 0.5) is 10.5 Å². The molecule has 0 radical (unpaired) electrons. The topological polar surface area (TPSA) is 32.8 Å². The number of amides is 1. The van der Waals surface area contributed by atoms with Crippen LogP contribution in [0.25, 0.3) is 0 Å². The van der Waals surface area contributed by atoms with Gasteiger partial charge in [-0.3, -0.25) is 9.80 Å². The first-order valence-corrected chi connectivity index (χ1v) is 12.1. The molecule has 4 nitrogen and oxygen atoms in total. The van der Waals surface area contributed by atoms with Crippen molar-refractivity contribution < 1.29 is 9.53 Å². The lowest BCUT2D eigenvalue weighted by Crippen LogP contribution is -2.43. The molecule has 0 spiro atoms. The van der Waals surface area contributed by atoms with Gasteiger partial charge in [-0.15, -0.1) is 0 Å². The summed E-state index contributed by atoms with van der Waals surface area (Å²) in [6, 6.07) is 30.6. The van der Waals surface area contributed by atoms with Crippen molar-refractivity contribution >= 4 is 11.8 Å². The van der Waals surface area contributed by atoms with Crippen molar-refractivity contribution in [3.8, 4) is 0 Å². The van der Waals surface area contributed by atoms with Crippen LogP contribution in [0, 0.1) is 17.8 Å². The zero-order valence-corrected chi connectivity index (χ0v) is 19.1. The number of nitrogens with zero attached hydrogens (tertiary/aromatic N) is 2. The van der Waals surface area contributed by atoms with Crippen LogP contribution in [-0.2, 0) is 17.8 Å². The van der Waals surface area contributed by atoms with Gasteiger partial charge in [0.2, 0.25) is 0 Å². The van der Waals surface area contributed by atoms with E-state index in [4.69, 9.17) is 4.74 Å². The first kappa shape index (κ1) is 21.7. The first-order valence-electron chi connectivity index (χ1n) is 12.1. The maximum Gasteiger partial charge on any atom is 0.414 e. The van der Waals surface area contributed by atoms with Crippen LogP contribution in [0.5, 0.6) is 0 Å². The summed E-state index contributed by atoms with van der Waals surface area (Å²) in [5.74, 6) is 1.69. The molecule has 1 heterocycles. The van der Waals surface area contributed by atoms with E-state index in [9.17, 15) is 4.79 Å². The fourth-order valence-corrected chi connectivity index (χ4v) is 5.56. The summed E-state index contributed by atoms with van der Waals surface area (Å²) in [5, 5.41) is 0. The molecule has 1 amide bonds. The lowest BCUT2D eigenvalue weighted by Gasteiger charge is -2.38. The molecule has 4 heteroatoms. The second-order valence-corrected chi connectivity index (χ2v) is 9.43. The van der Waals surface area contributed by atoms with Gasteiger partial charge in [0.25, 0.3) is 0 Å². The number of fused-ring (bicyclic) bond motifs is 2. The molecule has 33 heavy (non-hydrogen) atoms. The number of benzene rings is 3. The number of carbonyl (C=O) groups is 1. The van der Waals surface area contributed by atoms with Gasteiger partial charge in [0.05, 0.1) is 13.2 Å². The Bertz CT molecular complexity index is 1010. The van der Waals surface area contributed by atoms with Crippen LogP contribution in [-0.4, -0.2) is 30.7 Å². The molecule has 3 aromatic carbocycles. The van der Waals surface area contributed by atoms with Crippen LogP contribution in [0.2, 0.25) is 0 Å². The molecule has 5 rings (SSSR count). The Morgan fingerprint density at radius 2 is 1.33 bits per heavy atom. The molecule has 2 fully saturated rings. The molecule has 2 atom stereocenters. The normalized spacial score (nSPS) is 22.1. The highest BCUT2D eigenvalue weighted by Crippen LogP contribution is 2.42. The summed E-state index contributed by atoms with van der Waals surface area (Å²) in [5.41, 5.74) is 3.33. The predicted molar refractivity (Wildman–Crippen MR) is 132 cm³/mol. The molecule has 1 aliphatic carbocycles. The molecule has 2 unspecified atom stereocenters. The Morgan fingerprint density at radius 3 is 1.94 bits per heavy atom. The van der Waals surface area contributed by atoms with Gasteiger partial charge in [0.15, 0.2) is 0 Å². The summed E-state index contributed by atoms with van der Waals surface area (Å²) >= 11 is 0. The van der Waals surface area contributed by atoms with E-state index in [2.05, 4.69) is 35.2 Å². The number of likely N-dealkylation sites (tertiary alicyclic amines) is 1. The molecule has 2 aliphatic rings. The summed E-state index contributed by atoms with van der Waals surface area (Å²) in [6.45, 7) is 4.23. The third-order valence-corrected chi connectivity index (χ3v) is 7.22. The Morgan fingerprint density at radius 1 is 0.788 bits per heavy atom. The van der Waals surface area contributed by atoms with Crippen LogP contribution in [0.3, 0.4) is 0 Å². The number of para-hydroxylation sites is 1. The molecule has 3 aromatic rings. The molecule has 2 bridgehead atoms. The molecule has 1 saturated carbocycles.